The number of hydrogen-bond acceptors (Lipinski definition) is 5. The molecule has 15 heavy (non-hydrogen) atoms. The van der Waals surface area contributed by atoms with Gasteiger partial charge in [-0.3, -0.25) is 9.36 Å². The van der Waals surface area contributed by atoms with E-state index in [1.807, 2.05) is 13.8 Å². The Hall–Kier alpha value is -1.85. The smallest absolute Gasteiger partial charge is 0.260 e. The first kappa shape index (κ1) is 9.70. The predicted molar refractivity (Wildman–Crippen MR) is 57.0 cm³/mol. The Kier molecular flexibility index (Phi) is 2.40. The van der Waals surface area contributed by atoms with Gasteiger partial charge in [0, 0.05) is 12.4 Å². The molecule has 0 amide bonds. The summed E-state index contributed by atoms with van der Waals surface area (Å²) in [4.78, 5) is 19.8. The molecule has 0 saturated heterocycles. The first-order valence-electron chi connectivity index (χ1n) is 4.98. The third-order valence-electron chi connectivity index (χ3n) is 2.23. The number of imidazole rings is 1. The Morgan fingerprint density at radius 1 is 1.47 bits per heavy atom. The van der Waals surface area contributed by atoms with Crippen molar-refractivity contribution in [1.82, 2.24) is 14.9 Å². The molecular weight excluding hydrogens is 194 g/mol. The van der Waals surface area contributed by atoms with Crippen LogP contribution in [0.2, 0.25) is 0 Å². The second kappa shape index (κ2) is 3.72. The summed E-state index contributed by atoms with van der Waals surface area (Å²) < 4.78 is 1.49. The second-order valence-electron chi connectivity index (χ2n) is 2.97. The molecule has 2 N–H and O–H groups in total. The van der Waals surface area contributed by atoms with Crippen molar-refractivity contribution < 1.29 is 4.79 Å². The van der Waals surface area contributed by atoms with Gasteiger partial charge in [0.2, 0.25) is 5.95 Å². The van der Waals surface area contributed by atoms with Crippen molar-refractivity contribution in [3.05, 3.63) is 12.4 Å². The fourth-order valence-corrected chi connectivity index (χ4v) is 1.58. The van der Waals surface area contributed by atoms with Crippen LogP contribution in [0.1, 0.15) is 18.6 Å². The van der Waals surface area contributed by atoms with Gasteiger partial charge >= 0.3 is 0 Å². The second-order valence-corrected chi connectivity index (χ2v) is 2.97. The number of nitrogens with zero attached hydrogens (tertiary/aromatic N) is 3. The number of fused-ring (bicyclic) bond motifs is 2. The summed E-state index contributed by atoms with van der Waals surface area (Å²) in [5.41, 5.74) is 0. The molecule has 0 radical (unpaired) electrons. The number of carbonyl (C=O) groups excluding carboxylic acids is 1. The van der Waals surface area contributed by atoms with Crippen LogP contribution in [0.5, 0.6) is 0 Å². The van der Waals surface area contributed by atoms with E-state index in [9.17, 15) is 4.79 Å². The van der Waals surface area contributed by atoms with Crippen LogP contribution < -0.4 is 10.6 Å². The standard InChI is InChI=1S/C7H7N5O.C2H6/c13-6-4-5(10-3-9-4)11-7-8-1-2-12(6)7;1-2/h1-5H,(H,8,11)(H,9,10);1-2H3. The highest BCUT2D eigenvalue weighted by atomic mass is 16.2. The Balaban J connectivity index is 0.000000404. The van der Waals surface area contributed by atoms with Crippen molar-refractivity contribution in [2.45, 2.75) is 26.1 Å². The molecule has 3 rings (SSSR count). The normalized spacial score (nSPS) is 25.6. The fraction of sp³-hybridized carbons (Fsp3) is 0.444. The molecule has 2 aliphatic rings. The molecule has 1 aromatic rings. The maximum Gasteiger partial charge on any atom is 0.260 e. The molecule has 6 nitrogen and oxygen atoms in total. The zero-order chi connectivity index (χ0) is 10.8. The lowest BCUT2D eigenvalue weighted by atomic mass is 10.2. The molecule has 2 unspecified atom stereocenters. The predicted octanol–water partition coefficient (Wildman–Crippen LogP) is 0.301. The van der Waals surface area contributed by atoms with Crippen LogP contribution in [0.3, 0.4) is 0 Å². The summed E-state index contributed by atoms with van der Waals surface area (Å²) in [6.07, 6.45) is 4.57. The maximum atomic E-state index is 11.7. The number of carbonyl (C=O) groups is 1. The van der Waals surface area contributed by atoms with E-state index in [-0.39, 0.29) is 18.1 Å². The molecule has 0 aliphatic carbocycles. The molecule has 2 aliphatic heterocycles. The molecule has 0 aromatic carbocycles. The van der Waals surface area contributed by atoms with Crippen molar-refractivity contribution in [1.29, 1.82) is 0 Å². The molecular formula is C9H13N5O. The summed E-state index contributed by atoms with van der Waals surface area (Å²) in [7, 11) is 0. The van der Waals surface area contributed by atoms with Gasteiger partial charge in [-0.1, -0.05) is 13.8 Å². The van der Waals surface area contributed by atoms with E-state index >= 15 is 0 Å². The Morgan fingerprint density at radius 3 is 3.07 bits per heavy atom. The van der Waals surface area contributed by atoms with E-state index in [2.05, 4.69) is 20.6 Å². The highest BCUT2D eigenvalue weighted by Gasteiger charge is 2.37. The lowest BCUT2D eigenvalue weighted by Gasteiger charge is -2.24. The summed E-state index contributed by atoms with van der Waals surface area (Å²) in [5, 5.41) is 5.93. The molecule has 6 heteroatoms. The van der Waals surface area contributed by atoms with Gasteiger partial charge in [0.05, 0.1) is 6.34 Å². The maximum absolute atomic E-state index is 11.7. The molecule has 0 fully saturated rings. The third-order valence-corrected chi connectivity index (χ3v) is 2.23. The van der Waals surface area contributed by atoms with E-state index in [4.69, 9.17) is 0 Å². The van der Waals surface area contributed by atoms with E-state index in [0.29, 0.717) is 5.95 Å². The van der Waals surface area contributed by atoms with E-state index in [0.717, 1.165) is 0 Å². The zero-order valence-corrected chi connectivity index (χ0v) is 8.64. The summed E-state index contributed by atoms with van der Waals surface area (Å²) in [6, 6.07) is -0.290. The Labute approximate surface area is 87.4 Å². The molecule has 0 bridgehead atoms. The average Bonchev–Trinajstić information content (AvgIpc) is 2.89. The number of anilines is 1. The lowest BCUT2D eigenvalue weighted by molar-refractivity contribution is 0.0858. The summed E-state index contributed by atoms with van der Waals surface area (Å²) in [5.74, 6) is 0.542. The average molecular weight is 207 g/mol. The molecule has 80 valence electrons. The van der Waals surface area contributed by atoms with Crippen LogP contribution >= 0.6 is 0 Å². The highest BCUT2D eigenvalue weighted by Crippen LogP contribution is 2.18. The lowest BCUT2D eigenvalue weighted by Crippen LogP contribution is -2.49. The Morgan fingerprint density at radius 2 is 2.27 bits per heavy atom. The topological polar surface area (TPSA) is 71.3 Å². The van der Waals surface area contributed by atoms with Crippen molar-refractivity contribution in [2.75, 3.05) is 5.32 Å². The van der Waals surface area contributed by atoms with E-state index in [1.165, 1.54) is 4.57 Å². The molecule has 1 aromatic heterocycles. The molecule has 3 heterocycles. The van der Waals surface area contributed by atoms with Crippen LogP contribution in [0, 0.1) is 0 Å². The van der Waals surface area contributed by atoms with Crippen LogP contribution in [-0.2, 0) is 0 Å². The number of rotatable bonds is 0. The Bertz CT molecular complexity index is 397. The zero-order valence-electron chi connectivity index (χ0n) is 8.64. The summed E-state index contributed by atoms with van der Waals surface area (Å²) >= 11 is 0. The molecule has 0 spiro atoms. The van der Waals surface area contributed by atoms with Gasteiger partial charge in [-0.05, 0) is 0 Å². The van der Waals surface area contributed by atoms with Gasteiger partial charge in [0.1, 0.15) is 6.04 Å². The minimum absolute atomic E-state index is 0.0197. The largest absolute Gasteiger partial charge is 0.362 e. The van der Waals surface area contributed by atoms with Gasteiger partial charge in [-0.2, -0.15) is 0 Å². The van der Waals surface area contributed by atoms with Gasteiger partial charge < -0.3 is 10.6 Å². The number of aromatic nitrogens is 2. The highest BCUT2D eigenvalue weighted by molar-refractivity contribution is 5.92. The molecule has 0 saturated carbocycles. The van der Waals surface area contributed by atoms with Crippen molar-refractivity contribution in [3.8, 4) is 0 Å². The van der Waals surface area contributed by atoms with E-state index in [1.54, 1.807) is 18.7 Å². The van der Waals surface area contributed by atoms with Gasteiger partial charge in [-0.25, -0.2) is 9.98 Å². The van der Waals surface area contributed by atoms with Crippen LogP contribution in [0.15, 0.2) is 17.4 Å². The van der Waals surface area contributed by atoms with Crippen molar-refractivity contribution in [2.24, 2.45) is 4.99 Å². The minimum atomic E-state index is -0.290. The summed E-state index contributed by atoms with van der Waals surface area (Å²) in [6.45, 7) is 4.00. The minimum Gasteiger partial charge on any atom is -0.362 e. The number of hydrogen-bond donors (Lipinski definition) is 2. The van der Waals surface area contributed by atoms with Crippen LogP contribution in [0.25, 0.3) is 0 Å². The van der Waals surface area contributed by atoms with Crippen molar-refractivity contribution in [3.63, 3.8) is 0 Å². The first-order valence-corrected chi connectivity index (χ1v) is 4.98. The first-order chi connectivity index (χ1) is 7.36. The quantitative estimate of drug-likeness (QED) is 0.642. The number of aliphatic imine (C=N–C) groups is 1. The van der Waals surface area contributed by atoms with E-state index < -0.39 is 0 Å². The van der Waals surface area contributed by atoms with Crippen molar-refractivity contribution >= 4 is 18.2 Å². The molecule has 2 atom stereocenters. The van der Waals surface area contributed by atoms with Crippen LogP contribution in [-0.4, -0.2) is 34.0 Å². The monoisotopic (exact) mass is 207 g/mol. The van der Waals surface area contributed by atoms with Gasteiger partial charge in [0.15, 0.2) is 6.17 Å². The third kappa shape index (κ3) is 1.38. The SMILES string of the molecule is CC.O=C1C2NC=NC2Nc2nccn21. The fourth-order valence-electron chi connectivity index (χ4n) is 1.58. The number of nitrogens with one attached hydrogen (secondary N) is 2. The van der Waals surface area contributed by atoms with Gasteiger partial charge in [0.25, 0.3) is 5.91 Å². The van der Waals surface area contributed by atoms with Gasteiger partial charge in [-0.15, -0.1) is 0 Å². The van der Waals surface area contributed by atoms with Crippen LogP contribution in [0.4, 0.5) is 5.95 Å².